The van der Waals surface area contributed by atoms with E-state index in [-0.39, 0.29) is 0 Å². The van der Waals surface area contributed by atoms with Crippen LogP contribution >= 0.6 is 0 Å². The molecule has 0 saturated heterocycles. The third-order valence-electron chi connectivity index (χ3n) is 8.71. The molecule has 0 amide bonds. The SMILES string of the molecule is O=C(O)CCCCCCCC=CCCCCCCCCN1CCN=C1CCCCCCCC=CCCCCCCCC(=O)O. The minimum absolute atomic E-state index is 0.318. The van der Waals surface area contributed by atoms with Gasteiger partial charge in [0.1, 0.15) is 0 Å². The molecule has 1 aliphatic rings. The number of unbranched alkanes of at least 4 members (excludes halogenated alkanes) is 21. The van der Waals surface area contributed by atoms with Crippen molar-refractivity contribution in [3.8, 4) is 0 Å². The van der Waals surface area contributed by atoms with Crippen LogP contribution in [0.3, 0.4) is 0 Å². The van der Waals surface area contributed by atoms with Crippen LogP contribution in [-0.4, -0.2) is 52.5 Å². The molecule has 0 aliphatic carbocycles. The zero-order chi connectivity index (χ0) is 31.8. The van der Waals surface area contributed by atoms with Crippen LogP contribution in [0.5, 0.6) is 0 Å². The van der Waals surface area contributed by atoms with Gasteiger partial charge in [0.2, 0.25) is 0 Å². The number of aliphatic imine (C=N–C) groups is 1. The Hall–Kier alpha value is -2.11. The number of hydrogen-bond donors (Lipinski definition) is 2. The van der Waals surface area contributed by atoms with Gasteiger partial charge in [0.15, 0.2) is 0 Å². The third-order valence-corrected chi connectivity index (χ3v) is 8.71. The molecule has 0 saturated carbocycles. The van der Waals surface area contributed by atoms with Gasteiger partial charge in [-0.05, 0) is 77.0 Å². The molecule has 0 spiro atoms. The summed E-state index contributed by atoms with van der Waals surface area (Å²) in [7, 11) is 0. The van der Waals surface area contributed by atoms with Crippen molar-refractivity contribution in [1.82, 2.24) is 4.90 Å². The average Bonchev–Trinajstić information content (AvgIpc) is 3.45. The summed E-state index contributed by atoms with van der Waals surface area (Å²) in [6, 6.07) is 0. The molecule has 0 fully saturated rings. The lowest BCUT2D eigenvalue weighted by atomic mass is 10.1. The van der Waals surface area contributed by atoms with Gasteiger partial charge in [0, 0.05) is 32.4 Å². The maximum atomic E-state index is 10.5. The highest BCUT2D eigenvalue weighted by Gasteiger charge is 2.15. The summed E-state index contributed by atoms with van der Waals surface area (Å²) in [5, 5.41) is 17.3. The van der Waals surface area contributed by atoms with Gasteiger partial charge in [-0.1, -0.05) is 108 Å². The second-order valence-corrected chi connectivity index (χ2v) is 12.8. The molecule has 0 unspecified atom stereocenters. The van der Waals surface area contributed by atoms with Crippen molar-refractivity contribution in [2.24, 2.45) is 4.99 Å². The Labute approximate surface area is 270 Å². The summed E-state index contributed by atoms with van der Waals surface area (Å²) < 4.78 is 0. The fourth-order valence-electron chi connectivity index (χ4n) is 5.96. The molecule has 2 N–H and O–H groups in total. The Morgan fingerprint density at radius 2 is 0.886 bits per heavy atom. The van der Waals surface area contributed by atoms with Gasteiger partial charge >= 0.3 is 11.9 Å². The van der Waals surface area contributed by atoms with Crippen molar-refractivity contribution in [2.75, 3.05) is 19.6 Å². The van der Waals surface area contributed by atoms with E-state index in [0.29, 0.717) is 12.8 Å². The lowest BCUT2D eigenvalue weighted by Crippen LogP contribution is -2.28. The maximum absolute atomic E-state index is 10.5. The van der Waals surface area contributed by atoms with Gasteiger partial charge in [-0.3, -0.25) is 14.6 Å². The predicted octanol–water partition coefficient (Wildman–Crippen LogP) is 10.9. The van der Waals surface area contributed by atoms with Crippen molar-refractivity contribution < 1.29 is 19.8 Å². The molecule has 0 atom stereocenters. The van der Waals surface area contributed by atoms with Crippen molar-refractivity contribution >= 4 is 17.8 Å². The fourth-order valence-corrected chi connectivity index (χ4v) is 5.96. The second kappa shape index (κ2) is 30.9. The lowest BCUT2D eigenvalue weighted by Gasteiger charge is -2.20. The first-order valence-corrected chi connectivity index (χ1v) is 18.6. The monoisotopic (exact) mass is 617 g/mol. The summed E-state index contributed by atoms with van der Waals surface area (Å²) >= 11 is 0. The molecule has 0 bridgehead atoms. The quantitative estimate of drug-likeness (QED) is 0.0565. The van der Waals surface area contributed by atoms with Gasteiger partial charge < -0.3 is 15.1 Å². The highest BCUT2D eigenvalue weighted by molar-refractivity contribution is 5.83. The highest BCUT2D eigenvalue weighted by Crippen LogP contribution is 2.15. The lowest BCUT2D eigenvalue weighted by molar-refractivity contribution is -0.138. The Kier molecular flexibility index (Phi) is 28.0. The van der Waals surface area contributed by atoms with Gasteiger partial charge in [0.25, 0.3) is 0 Å². The number of carboxylic acids is 2. The number of rotatable bonds is 33. The molecule has 44 heavy (non-hydrogen) atoms. The van der Waals surface area contributed by atoms with E-state index in [9.17, 15) is 9.59 Å². The van der Waals surface area contributed by atoms with Crippen molar-refractivity contribution in [3.05, 3.63) is 24.3 Å². The van der Waals surface area contributed by atoms with E-state index in [1.807, 2.05) is 0 Å². The Morgan fingerprint density at radius 1 is 0.523 bits per heavy atom. The first kappa shape index (κ1) is 39.9. The predicted molar refractivity (Wildman–Crippen MR) is 187 cm³/mol. The van der Waals surface area contributed by atoms with E-state index in [2.05, 4.69) is 29.2 Å². The number of nitrogens with zero attached hydrogens (tertiary/aromatic N) is 2. The molecular formula is C38H68N2O4. The average molecular weight is 617 g/mol. The van der Waals surface area contributed by atoms with E-state index < -0.39 is 11.9 Å². The standard InChI is InChI=1S/C38H68N2O4/c41-37(42)31-27-23-19-15-11-7-2-1-5-9-13-17-21-25-29-34-40-35-33-39-36(40)30-26-22-18-14-10-6-3-4-8-12-16-20-24-28-32-38(43)44/h1-4H,5-35H2,(H,41,42)(H,43,44). The fraction of sp³-hybridized carbons (Fsp3) is 0.816. The van der Waals surface area contributed by atoms with E-state index >= 15 is 0 Å². The summed E-state index contributed by atoms with van der Waals surface area (Å²) in [5.41, 5.74) is 0. The van der Waals surface area contributed by atoms with E-state index in [0.717, 1.165) is 58.0 Å². The largest absolute Gasteiger partial charge is 0.481 e. The van der Waals surface area contributed by atoms with E-state index in [4.69, 9.17) is 15.2 Å². The van der Waals surface area contributed by atoms with E-state index in [1.54, 1.807) is 0 Å². The number of carbonyl (C=O) groups is 2. The van der Waals surface area contributed by atoms with Crippen LogP contribution in [0.2, 0.25) is 0 Å². The molecule has 0 radical (unpaired) electrons. The van der Waals surface area contributed by atoms with Crippen LogP contribution in [0.15, 0.2) is 29.3 Å². The molecule has 1 rings (SSSR count). The van der Waals surface area contributed by atoms with Crippen molar-refractivity contribution in [3.63, 3.8) is 0 Å². The molecule has 6 nitrogen and oxygen atoms in total. The highest BCUT2D eigenvalue weighted by atomic mass is 16.4. The van der Waals surface area contributed by atoms with Gasteiger partial charge in [-0.15, -0.1) is 0 Å². The van der Waals surface area contributed by atoms with Crippen LogP contribution in [0, 0.1) is 0 Å². The van der Waals surface area contributed by atoms with Crippen LogP contribution < -0.4 is 0 Å². The maximum Gasteiger partial charge on any atom is 0.303 e. The molecule has 254 valence electrons. The topological polar surface area (TPSA) is 90.2 Å². The minimum atomic E-state index is -0.671. The van der Waals surface area contributed by atoms with Crippen LogP contribution in [0.25, 0.3) is 0 Å². The summed E-state index contributed by atoms with van der Waals surface area (Å²) in [6.07, 6.45) is 41.5. The summed E-state index contributed by atoms with van der Waals surface area (Å²) in [6.45, 7) is 3.31. The molecule has 0 aromatic heterocycles. The zero-order valence-corrected chi connectivity index (χ0v) is 28.3. The second-order valence-electron chi connectivity index (χ2n) is 12.8. The molecule has 0 aromatic carbocycles. The number of aliphatic carboxylic acids is 2. The normalized spacial score (nSPS) is 13.5. The first-order valence-electron chi connectivity index (χ1n) is 18.6. The minimum Gasteiger partial charge on any atom is -0.481 e. The molecule has 1 aliphatic heterocycles. The number of amidine groups is 1. The Balaban J connectivity index is 1.84. The first-order chi connectivity index (χ1) is 21.6. The Bertz CT molecular complexity index is 777. The van der Waals surface area contributed by atoms with Crippen molar-refractivity contribution in [2.45, 2.75) is 180 Å². The van der Waals surface area contributed by atoms with Crippen molar-refractivity contribution in [1.29, 1.82) is 0 Å². The smallest absolute Gasteiger partial charge is 0.303 e. The van der Waals surface area contributed by atoms with E-state index in [1.165, 1.54) is 134 Å². The molecule has 1 heterocycles. The zero-order valence-electron chi connectivity index (χ0n) is 28.3. The van der Waals surface area contributed by atoms with Crippen LogP contribution in [0.4, 0.5) is 0 Å². The summed E-state index contributed by atoms with van der Waals surface area (Å²) in [4.78, 5) is 28.4. The summed E-state index contributed by atoms with van der Waals surface area (Å²) in [5.74, 6) is 0.0337. The number of allylic oxidation sites excluding steroid dienone is 4. The van der Waals surface area contributed by atoms with Gasteiger partial charge in [0.05, 0.1) is 12.4 Å². The number of carboxylic acid groups (broad SMARTS) is 2. The molecule has 0 aromatic rings. The van der Waals surface area contributed by atoms with Crippen LogP contribution in [0.1, 0.15) is 180 Å². The number of hydrogen-bond acceptors (Lipinski definition) is 4. The third kappa shape index (κ3) is 27.4. The molecular weight excluding hydrogens is 548 g/mol. The Morgan fingerprint density at radius 3 is 1.32 bits per heavy atom. The van der Waals surface area contributed by atoms with Gasteiger partial charge in [-0.2, -0.15) is 0 Å². The van der Waals surface area contributed by atoms with Gasteiger partial charge in [-0.25, -0.2) is 0 Å². The van der Waals surface area contributed by atoms with Crippen LogP contribution in [-0.2, 0) is 9.59 Å². The molecule has 6 heteroatoms.